The Morgan fingerprint density at radius 1 is 0.933 bits per heavy atom. The molecule has 0 aromatic carbocycles. The summed E-state index contributed by atoms with van der Waals surface area (Å²) in [7, 11) is -0.0349. The summed E-state index contributed by atoms with van der Waals surface area (Å²) >= 11 is 0. The quantitative estimate of drug-likeness (QED) is 0.484. The predicted molar refractivity (Wildman–Crippen MR) is 70.5 cm³/mol. The molecule has 0 atom stereocenters. The molecule has 0 aromatic heterocycles. The van der Waals surface area contributed by atoms with Gasteiger partial charge < -0.3 is 0 Å². The van der Waals surface area contributed by atoms with E-state index >= 15 is 0 Å². The molecule has 0 aliphatic heterocycles. The van der Waals surface area contributed by atoms with Gasteiger partial charge in [0.05, 0.1) is 0 Å². The summed E-state index contributed by atoms with van der Waals surface area (Å²) in [6.45, 7) is 16.4. The molecular weight excluding hydrogens is 294 g/mol. The molecule has 2 heteroatoms. The zero-order valence-electron chi connectivity index (χ0n) is 11.3. The van der Waals surface area contributed by atoms with E-state index < -0.39 is 0 Å². The van der Waals surface area contributed by atoms with Crippen molar-refractivity contribution in [2.24, 2.45) is 0 Å². The van der Waals surface area contributed by atoms with Gasteiger partial charge in [0.2, 0.25) is 0 Å². The van der Waals surface area contributed by atoms with Crippen LogP contribution in [0.1, 0.15) is 61.3 Å². The van der Waals surface area contributed by atoms with Gasteiger partial charge in [-0.15, -0.1) is 0 Å². The van der Waals surface area contributed by atoms with Gasteiger partial charge in [-0.25, -0.2) is 0 Å². The van der Waals surface area contributed by atoms with E-state index in [-0.39, 0.29) is 28.3 Å². The first kappa shape index (κ1) is 18.2. The summed E-state index contributed by atoms with van der Waals surface area (Å²) in [4.78, 5) is 0. The standard InChI is InChI=1S/C13H27P.Pd/c1-8-9-10-11-14(12(2,3)4)13(5,6)7;/h10-11H,8-9H2,1-7H3;. The summed E-state index contributed by atoms with van der Waals surface area (Å²) in [5, 5.41) is 0.857. The second kappa shape index (κ2) is 7.22. The molecule has 0 nitrogen and oxygen atoms in total. The normalized spacial score (nSPS) is 13.3. The van der Waals surface area contributed by atoms with E-state index in [2.05, 4.69) is 60.4 Å². The van der Waals surface area contributed by atoms with Crippen LogP contribution in [0.3, 0.4) is 0 Å². The molecule has 94 valence electrons. The van der Waals surface area contributed by atoms with Crippen molar-refractivity contribution < 1.29 is 20.4 Å². The Morgan fingerprint density at radius 2 is 1.33 bits per heavy atom. The van der Waals surface area contributed by atoms with Crippen LogP contribution in [0.5, 0.6) is 0 Å². The van der Waals surface area contributed by atoms with Crippen LogP contribution in [-0.4, -0.2) is 10.3 Å². The fourth-order valence-electron chi connectivity index (χ4n) is 1.80. The first-order valence-electron chi connectivity index (χ1n) is 5.65. The largest absolute Gasteiger partial charge is 0.0840 e. The molecule has 0 spiro atoms. The van der Waals surface area contributed by atoms with E-state index in [1.54, 1.807) is 0 Å². The molecule has 0 aliphatic rings. The molecule has 0 unspecified atom stereocenters. The van der Waals surface area contributed by atoms with Crippen molar-refractivity contribution in [1.82, 2.24) is 0 Å². The minimum absolute atomic E-state index is 0. The summed E-state index contributed by atoms with van der Waals surface area (Å²) in [6.07, 6.45) is 4.86. The Bertz CT molecular complexity index is 170. The molecular formula is C13H27PPd. The molecule has 0 bridgehead atoms. The van der Waals surface area contributed by atoms with Gasteiger partial charge in [0.15, 0.2) is 0 Å². The molecule has 0 aliphatic carbocycles. The molecule has 0 N–H and O–H groups in total. The van der Waals surface area contributed by atoms with Crippen molar-refractivity contribution in [3.8, 4) is 0 Å². The third-order valence-corrected chi connectivity index (χ3v) is 5.56. The average Bonchev–Trinajstić information content (AvgIpc) is 1.92. The third-order valence-electron chi connectivity index (χ3n) is 2.16. The maximum atomic E-state index is 2.48. The molecule has 0 rings (SSSR count). The van der Waals surface area contributed by atoms with Crippen LogP contribution in [0, 0.1) is 0 Å². The van der Waals surface area contributed by atoms with Gasteiger partial charge >= 0.3 is 0 Å². The van der Waals surface area contributed by atoms with Crippen molar-refractivity contribution in [1.29, 1.82) is 0 Å². The molecule has 0 fully saturated rings. The first-order chi connectivity index (χ1) is 6.19. The van der Waals surface area contributed by atoms with Gasteiger partial charge in [0.1, 0.15) is 0 Å². The Morgan fingerprint density at radius 3 is 1.60 bits per heavy atom. The van der Waals surface area contributed by atoms with E-state index in [0.29, 0.717) is 10.3 Å². The number of allylic oxidation sites excluding steroid dienone is 1. The monoisotopic (exact) mass is 320 g/mol. The molecule has 15 heavy (non-hydrogen) atoms. The van der Waals surface area contributed by atoms with Crippen LogP contribution in [0.2, 0.25) is 0 Å². The van der Waals surface area contributed by atoms with E-state index in [1.165, 1.54) is 12.8 Å². The topological polar surface area (TPSA) is 0 Å². The van der Waals surface area contributed by atoms with Crippen molar-refractivity contribution >= 4 is 7.92 Å². The minimum atomic E-state index is -0.0349. The maximum Gasteiger partial charge on any atom is 0 e. The number of unbranched alkanes of at least 4 members (excludes halogenated alkanes) is 1. The van der Waals surface area contributed by atoms with Crippen molar-refractivity contribution in [2.45, 2.75) is 71.6 Å². The molecule has 0 heterocycles. The van der Waals surface area contributed by atoms with E-state index in [0.717, 1.165) is 0 Å². The van der Waals surface area contributed by atoms with Gasteiger partial charge in [-0.2, -0.15) is 0 Å². The van der Waals surface area contributed by atoms with Crippen molar-refractivity contribution in [2.75, 3.05) is 0 Å². The van der Waals surface area contributed by atoms with Crippen LogP contribution in [0.4, 0.5) is 0 Å². The number of hydrogen-bond donors (Lipinski definition) is 0. The zero-order valence-corrected chi connectivity index (χ0v) is 13.8. The van der Waals surface area contributed by atoms with Crippen LogP contribution < -0.4 is 0 Å². The van der Waals surface area contributed by atoms with Crippen LogP contribution >= 0.6 is 7.92 Å². The second-order valence-corrected chi connectivity index (χ2v) is 9.61. The van der Waals surface area contributed by atoms with Gasteiger partial charge in [-0.05, 0) is 16.7 Å². The summed E-state index contributed by atoms with van der Waals surface area (Å²) < 4.78 is 0. The summed E-state index contributed by atoms with van der Waals surface area (Å²) in [6, 6.07) is 0. The number of rotatable bonds is 3. The van der Waals surface area contributed by atoms with Gasteiger partial charge in [-0.1, -0.05) is 74.7 Å². The van der Waals surface area contributed by atoms with Gasteiger partial charge in [0.25, 0.3) is 0 Å². The van der Waals surface area contributed by atoms with E-state index in [9.17, 15) is 0 Å². The number of hydrogen-bond acceptors (Lipinski definition) is 0. The zero-order chi connectivity index (χ0) is 11.4. The third kappa shape index (κ3) is 7.68. The van der Waals surface area contributed by atoms with E-state index in [1.807, 2.05) is 0 Å². The molecule has 0 aromatic rings. The minimum Gasteiger partial charge on any atom is -0.0840 e. The predicted octanol–water partition coefficient (Wildman–Crippen LogP) is 5.38. The fourth-order valence-corrected chi connectivity index (χ4v) is 5.07. The first-order valence-corrected chi connectivity index (χ1v) is 7.06. The Kier molecular flexibility index (Phi) is 8.76. The molecule has 0 saturated heterocycles. The van der Waals surface area contributed by atoms with E-state index in [4.69, 9.17) is 0 Å². The van der Waals surface area contributed by atoms with Gasteiger partial charge in [0, 0.05) is 20.4 Å². The van der Waals surface area contributed by atoms with Crippen LogP contribution in [0.15, 0.2) is 11.9 Å². The molecule has 0 saturated carbocycles. The SMILES string of the molecule is CCCC=CP(C(C)(C)C)C(C)(C)C.[Pd]. The summed E-state index contributed by atoms with van der Waals surface area (Å²) in [5.74, 6) is 2.48. The van der Waals surface area contributed by atoms with Gasteiger partial charge in [-0.3, -0.25) is 0 Å². The van der Waals surface area contributed by atoms with Crippen LogP contribution in [0.25, 0.3) is 0 Å². The fraction of sp³-hybridized carbons (Fsp3) is 0.846. The Balaban J connectivity index is 0. The van der Waals surface area contributed by atoms with Crippen molar-refractivity contribution in [3.05, 3.63) is 11.9 Å². The summed E-state index contributed by atoms with van der Waals surface area (Å²) in [5.41, 5.74) is 0. The van der Waals surface area contributed by atoms with Crippen molar-refractivity contribution in [3.63, 3.8) is 0 Å². The molecule has 0 radical (unpaired) electrons. The smallest absolute Gasteiger partial charge is 0 e. The Hall–Kier alpha value is 0.832. The second-order valence-electron chi connectivity index (χ2n) is 5.89. The van der Waals surface area contributed by atoms with Crippen LogP contribution in [-0.2, 0) is 20.4 Å². The average molecular weight is 321 g/mol. The molecule has 0 amide bonds. The maximum absolute atomic E-state index is 2.48. The Labute approximate surface area is 112 Å².